The van der Waals surface area contributed by atoms with Crippen LogP contribution in [0.15, 0.2) is 22.7 Å². The quantitative estimate of drug-likeness (QED) is 0.869. The average Bonchev–Trinajstić information content (AvgIpc) is 2.80. The number of benzene rings is 1. The highest BCUT2D eigenvalue weighted by molar-refractivity contribution is 9.10. The van der Waals surface area contributed by atoms with Crippen LogP contribution in [0.5, 0.6) is 0 Å². The molecule has 3 nitrogen and oxygen atoms in total. The van der Waals surface area contributed by atoms with Gasteiger partial charge in [0.05, 0.1) is 12.6 Å². The van der Waals surface area contributed by atoms with Crippen LogP contribution >= 0.6 is 28.1 Å². The predicted octanol–water partition coefficient (Wildman–Crippen LogP) is 2.31. The van der Waals surface area contributed by atoms with Crippen LogP contribution in [0, 0.1) is 0 Å². The van der Waals surface area contributed by atoms with Gasteiger partial charge in [0.1, 0.15) is 4.99 Å². The van der Waals surface area contributed by atoms with Gasteiger partial charge in [-0.05, 0) is 40.5 Å². The first-order valence-electron chi connectivity index (χ1n) is 5.49. The van der Waals surface area contributed by atoms with E-state index >= 15 is 0 Å². The molecule has 1 aliphatic rings. The SMILES string of the molecule is CN(c1ccc(C(N)=S)c(Br)c1)C1CCOC1. The summed E-state index contributed by atoms with van der Waals surface area (Å²) in [5.41, 5.74) is 7.65. The van der Waals surface area contributed by atoms with Crippen molar-refractivity contribution in [3.8, 4) is 0 Å². The summed E-state index contributed by atoms with van der Waals surface area (Å²) in [6.45, 7) is 1.65. The molecule has 0 aliphatic carbocycles. The van der Waals surface area contributed by atoms with Crippen LogP contribution in [0.4, 0.5) is 5.69 Å². The number of thiocarbonyl (C=S) groups is 1. The van der Waals surface area contributed by atoms with Gasteiger partial charge >= 0.3 is 0 Å². The summed E-state index contributed by atoms with van der Waals surface area (Å²) in [6.07, 6.45) is 1.07. The van der Waals surface area contributed by atoms with Crippen LogP contribution in [-0.2, 0) is 4.74 Å². The summed E-state index contributed by atoms with van der Waals surface area (Å²) in [4.78, 5) is 2.65. The predicted molar refractivity (Wildman–Crippen MR) is 77.7 cm³/mol. The van der Waals surface area contributed by atoms with Gasteiger partial charge in [-0.25, -0.2) is 0 Å². The fourth-order valence-electron chi connectivity index (χ4n) is 1.96. The maximum Gasteiger partial charge on any atom is 0.105 e. The highest BCUT2D eigenvalue weighted by Crippen LogP contribution is 2.26. The molecule has 0 amide bonds. The Bertz CT molecular complexity index is 433. The summed E-state index contributed by atoms with van der Waals surface area (Å²) in [5, 5.41) is 0. The molecule has 1 aromatic carbocycles. The minimum Gasteiger partial charge on any atom is -0.389 e. The lowest BCUT2D eigenvalue weighted by molar-refractivity contribution is 0.193. The number of nitrogens with zero attached hydrogens (tertiary/aromatic N) is 1. The molecular formula is C12H15BrN2OS. The van der Waals surface area contributed by atoms with Crippen molar-refractivity contribution in [3.63, 3.8) is 0 Å². The zero-order valence-corrected chi connectivity index (χ0v) is 12.1. The smallest absolute Gasteiger partial charge is 0.105 e. The third-order valence-corrected chi connectivity index (χ3v) is 3.95. The van der Waals surface area contributed by atoms with Crippen LogP contribution in [0.3, 0.4) is 0 Å². The third-order valence-electron chi connectivity index (χ3n) is 3.08. The molecule has 1 fully saturated rings. The average molecular weight is 315 g/mol. The first kappa shape index (κ1) is 12.8. The van der Waals surface area contributed by atoms with Gasteiger partial charge in [-0.1, -0.05) is 12.2 Å². The van der Waals surface area contributed by atoms with Crippen molar-refractivity contribution < 1.29 is 4.74 Å². The maximum absolute atomic E-state index is 5.63. The first-order chi connectivity index (χ1) is 8.09. The van der Waals surface area contributed by atoms with Crippen LogP contribution in [-0.4, -0.2) is 31.3 Å². The van der Waals surface area contributed by atoms with Gasteiger partial charge in [-0.3, -0.25) is 0 Å². The van der Waals surface area contributed by atoms with Crippen LogP contribution in [0.1, 0.15) is 12.0 Å². The molecule has 1 aromatic rings. The molecule has 1 unspecified atom stereocenters. The number of halogens is 1. The summed E-state index contributed by atoms with van der Waals surface area (Å²) in [6, 6.07) is 6.50. The Morgan fingerprint density at radius 2 is 2.35 bits per heavy atom. The Kier molecular flexibility index (Phi) is 4.01. The highest BCUT2D eigenvalue weighted by Gasteiger charge is 2.21. The standard InChI is InChI=1S/C12H15BrN2OS/c1-15(9-4-5-16-7-9)8-2-3-10(12(14)17)11(13)6-8/h2-3,6,9H,4-5,7H2,1H3,(H2,14,17). The number of likely N-dealkylation sites (N-methyl/N-ethyl adjacent to an activating group) is 1. The van der Waals surface area contributed by atoms with E-state index in [0.717, 1.165) is 35.4 Å². The third kappa shape index (κ3) is 2.78. The van der Waals surface area contributed by atoms with Gasteiger partial charge in [0.2, 0.25) is 0 Å². The number of anilines is 1. The molecule has 0 aromatic heterocycles. The van der Waals surface area contributed by atoms with E-state index in [2.05, 4.69) is 27.9 Å². The number of nitrogens with two attached hydrogens (primary N) is 1. The largest absolute Gasteiger partial charge is 0.389 e. The van der Waals surface area contributed by atoms with Gasteiger partial charge in [0.25, 0.3) is 0 Å². The fourth-order valence-corrected chi connectivity index (χ4v) is 2.85. The van der Waals surface area contributed by atoms with E-state index in [1.165, 1.54) is 0 Å². The van der Waals surface area contributed by atoms with E-state index in [0.29, 0.717) is 11.0 Å². The highest BCUT2D eigenvalue weighted by atomic mass is 79.9. The molecule has 1 atom stereocenters. The molecule has 0 bridgehead atoms. The van der Waals surface area contributed by atoms with Crippen molar-refractivity contribution in [1.82, 2.24) is 0 Å². The molecule has 92 valence electrons. The van der Waals surface area contributed by atoms with Gasteiger partial charge in [-0.2, -0.15) is 0 Å². The minimum absolute atomic E-state index is 0.412. The zero-order valence-electron chi connectivity index (χ0n) is 9.65. The molecule has 5 heteroatoms. The van der Waals surface area contributed by atoms with Crippen molar-refractivity contribution in [3.05, 3.63) is 28.2 Å². The number of rotatable bonds is 3. The number of hydrogen-bond acceptors (Lipinski definition) is 3. The summed E-state index contributed by atoms with van der Waals surface area (Å²) in [7, 11) is 2.08. The topological polar surface area (TPSA) is 38.5 Å². The summed E-state index contributed by atoms with van der Waals surface area (Å²) < 4.78 is 6.34. The Morgan fingerprint density at radius 3 is 2.88 bits per heavy atom. The Labute approximate surface area is 115 Å². The van der Waals surface area contributed by atoms with E-state index in [-0.39, 0.29) is 0 Å². The van der Waals surface area contributed by atoms with Gasteiger partial charge in [0.15, 0.2) is 0 Å². The van der Waals surface area contributed by atoms with E-state index in [1.807, 2.05) is 18.2 Å². The number of hydrogen-bond donors (Lipinski definition) is 1. The summed E-state index contributed by atoms with van der Waals surface area (Å²) in [5.74, 6) is 0. The Balaban J connectivity index is 2.21. The molecule has 0 saturated carbocycles. The Morgan fingerprint density at radius 1 is 1.59 bits per heavy atom. The van der Waals surface area contributed by atoms with Crippen molar-refractivity contribution >= 4 is 38.8 Å². The van der Waals surface area contributed by atoms with Crippen LogP contribution < -0.4 is 10.6 Å². The summed E-state index contributed by atoms with van der Waals surface area (Å²) >= 11 is 8.48. The van der Waals surface area contributed by atoms with Crippen molar-refractivity contribution in [1.29, 1.82) is 0 Å². The lowest BCUT2D eigenvalue weighted by atomic mass is 10.1. The lowest BCUT2D eigenvalue weighted by Crippen LogP contribution is -2.31. The second-order valence-corrected chi connectivity index (χ2v) is 5.45. The molecule has 2 rings (SSSR count). The van der Waals surface area contributed by atoms with E-state index in [1.54, 1.807) is 0 Å². The van der Waals surface area contributed by atoms with Crippen molar-refractivity contribution in [2.45, 2.75) is 12.5 Å². The van der Waals surface area contributed by atoms with Crippen molar-refractivity contribution in [2.75, 3.05) is 25.2 Å². The normalized spacial score (nSPS) is 19.3. The maximum atomic E-state index is 5.63. The monoisotopic (exact) mass is 314 g/mol. The lowest BCUT2D eigenvalue weighted by Gasteiger charge is -2.25. The van der Waals surface area contributed by atoms with Crippen LogP contribution in [0.2, 0.25) is 0 Å². The van der Waals surface area contributed by atoms with Gasteiger partial charge < -0.3 is 15.4 Å². The first-order valence-corrected chi connectivity index (χ1v) is 6.69. The number of ether oxygens (including phenoxy) is 1. The minimum atomic E-state index is 0.412. The van der Waals surface area contributed by atoms with E-state index < -0.39 is 0 Å². The van der Waals surface area contributed by atoms with Crippen LogP contribution in [0.25, 0.3) is 0 Å². The molecular weight excluding hydrogens is 300 g/mol. The molecule has 17 heavy (non-hydrogen) atoms. The second-order valence-electron chi connectivity index (χ2n) is 4.16. The van der Waals surface area contributed by atoms with E-state index in [4.69, 9.17) is 22.7 Å². The molecule has 1 heterocycles. The molecule has 1 saturated heterocycles. The molecule has 1 aliphatic heterocycles. The van der Waals surface area contributed by atoms with Crippen molar-refractivity contribution in [2.24, 2.45) is 5.73 Å². The zero-order chi connectivity index (χ0) is 12.4. The molecule has 0 spiro atoms. The van der Waals surface area contributed by atoms with Gasteiger partial charge in [-0.15, -0.1) is 0 Å². The molecule has 0 radical (unpaired) electrons. The van der Waals surface area contributed by atoms with Gasteiger partial charge in [0, 0.05) is 29.4 Å². The second kappa shape index (κ2) is 5.33. The van der Waals surface area contributed by atoms with E-state index in [9.17, 15) is 0 Å². The Hall–Kier alpha value is -0.650. The molecule has 2 N–H and O–H groups in total. The fraction of sp³-hybridized carbons (Fsp3) is 0.417.